The molecule has 1 saturated heterocycles. The van der Waals surface area contributed by atoms with Crippen molar-refractivity contribution < 1.29 is 33.3 Å². The van der Waals surface area contributed by atoms with Gasteiger partial charge in [0.2, 0.25) is 0 Å². The Kier molecular flexibility index (Phi) is 8.95. The molecular formula is C26H18Cl4O7. The summed E-state index contributed by atoms with van der Waals surface area (Å²) in [6.07, 6.45) is -3.43. The number of alkyl halides is 1. The maximum Gasteiger partial charge on any atom is 0.338 e. The van der Waals surface area contributed by atoms with Crippen LogP contribution in [0.15, 0.2) is 72.8 Å². The maximum absolute atomic E-state index is 12.9. The molecule has 192 valence electrons. The van der Waals surface area contributed by atoms with Gasteiger partial charge in [-0.15, -0.1) is 0 Å². The van der Waals surface area contributed by atoms with Crippen LogP contribution in [0.1, 0.15) is 31.1 Å². The van der Waals surface area contributed by atoms with Crippen molar-refractivity contribution in [3.63, 3.8) is 0 Å². The highest BCUT2D eigenvalue weighted by molar-refractivity contribution is 6.31. The summed E-state index contributed by atoms with van der Waals surface area (Å²) in [6.45, 7) is -0.335. The van der Waals surface area contributed by atoms with Crippen LogP contribution in [0.5, 0.6) is 0 Å². The van der Waals surface area contributed by atoms with E-state index < -0.39 is 41.8 Å². The van der Waals surface area contributed by atoms with E-state index in [2.05, 4.69) is 0 Å². The van der Waals surface area contributed by atoms with Gasteiger partial charge in [-0.3, -0.25) is 0 Å². The first kappa shape index (κ1) is 27.2. The van der Waals surface area contributed by atoms with Crippen LogP contribution in [0.3, 0.4) is 0 Å². The number of hydrogen-bond acceptors (Lipinski definition) is 7. The molecule has 11 heteroatoms. The number of benzene rings is 3. The minimum absolute atomic E-state index is 0.196. The van der Waals surface area contributed by atoms with Crippen molar-refractivity contribution in [2.24, 2.45) is 0 Å². The third kappa shape index (κ3) is 6.94. The second kappa shape index (κ2) is 12.2. The Balaban J connectivity index is 1.52. The van der Waals surface area contributed by atoms with Crippen molar-refractivity contribution in [2.75, 3.05) is 6.61 Å². The van der Waals surface area contributed by atoms with Gasteiger partial charge in [-0.05, 0) is 72.8 Å². The first-order valence-corrected chi connectivity index (χ1v) is 12.4. The van der Waals surface area contributed by atoms with Crippen LogP contribution in [0.4, 0.5) is 0 Å². The number of esters is 3. The van der Waals surface area contributed by atoms with Crippen LogP contribution in [0.2, 0.25) is 15.1 Å². The lowest BCUT2D eigenvalue weighted by molar-refractivity contribution is -0.0435. The lowest BCUT2D eigenvalue weighted by Gasteiger charge is -2.23. The van der Waals surface area contributed by atoms with E-state index >= 15 is 0 Å². The molecule has 0 aliphatic carbocycles. The Morgan fingerprint density at radius 2 is 1.00 bits per heavy atom. The molecule has 0 bridgehead atoms. The fourth-order valence-corrected chi connectivity index (χ4v) is 4.17. The van der Waals surface area contributed by atoms with Gasteiger partial charge < -0.3 is 18.9 Å². The smallest absolute Gasteiger partial charge is 0.338 e. The Morgan fingerprint density at radius 1 is 0.622 bits per heavy atom. The minimum Gasteiger partial charge on any atom is -0.459 e. The van der Waals surface area contributed by atoms with E-state index in [1.54, 1.807) is 12.1 Å². The van der Waals surface area contributed by atoms with Crippen molar-refractivity contribution in [3.05, 3.63) is 105 Å². The number of carbonyl (C=O) groups is 3. The first-order valence-electron chi connectivity index (χ1n) is 10.9. The monoisotopic (exact) mass is 582 g/mol. The zero-order valence-electron chi connectivity index (χ0n) is 18.8. The van der Waals surface area contributed by atoms with Gasteiger partial charge in [0.05, 0.1) is 16.7 Å². The second-order valence-electron chi connectivity index (χ2n) is 7.88. The molecule has 0 spiro atoms. The SMILES string of the molecule is O=C(OC[C@@H]1O[C@H](Cl)[C@H](OC(=O)c2ccc(Cl)cc2)C1OC(=O)c1ccc(Cl)cc1)c1ccc(Cl)cc1. The highest BCUT2D eigenvalue weighted by atomic mass is 35.5. The minimum atomic E-state index is -1.21. The molecule has 3 aromatic rings. The van der Waals surface area contributed by atoms with Crippen molar-refractivity contribution in [1.29, 1.82) is 0 Å². The third-order valence-electron chi connectivity index (χ3n) is 5.36. The summed E-state index contributed by atoms with van der Waals surface area (Å²) >= 11 is 24.0. The summed E-state index contributed by atoms with van der Waals surface area (Å²) in [4.78, 5) is 38.1. The van der Waals surface area contributed by atoms with Crippen LogP contribution in [0.25, 0.3) is 0 Å². The molecule has 0 N–H and O–H groups in total. The summed E-state index contributed by atoms with van der Waals surface area (Å²) in [5, 5.41) is 1.33. The van der Waals surface area contributed by atoms with Crippen LogP contribution in [-0.2, 0) is 18.9 Å². The molecule has 1 fully saturated rings. The van der Waals surface area contributed by atoms with Crippen LogP contribution >= 0.6 is 46.4 Å². The fraction of sp³-hybridized carbons (Fsp3) is 0.192. The molecule has 0 amide bonds. The molecule has 4 rings (SSSR count). The van der Waals surface area contributed by atoms with Crippen LogP contribution in [0, 0.1) is 0 Å². The summed E-state index contributed by atoms with van der Waals surface area (Å²) in [5.41, 5.74) is -0.542. The van der Waals surface area contributed by atoms with Gasteiger partial charge in [0.25, 0.3) is 0 Å². The molecule has 1 aliphatic heterocycles. The highest BCUT2D eigenvalue weighted by Crippen LogP contribution is 2.31. The lowest BCUT2D eigenvalue weighted by atomic mass is 10.1. The standard InChI is InChI=1S/C26H18Cl4O7/c27-17-7-1-14(2-8-17)24(31)34-13-20-21(36-25(32)15-3-9-18(28)10-4-15)22(23(30)35-20)37-26(33)16-5-11-19(29)12-6-16/h1-12,20-23H,13H2/t20-,21?,22+,23-/m0/s1. The molecule has 3 aromatic carbocycles. The van der Waals surface area contributed by atoms with E-state index in [0.29, 0.717) is 15.1 Å². The predicted molar refractivity (Wildman–Crippen MR) is 138 cm³/mol. The molecular weight excluding hydrogens is 566 g/mol. The van der Waals surface area contributed by atoms with Crippen molar-refractivity contribution in [2.45, 2.75) is 23.9 Å². The third-order valence-corrected chi connectivity index (χ3v) is 6.47. The van der Waals surface area contributed by atoms with Gasteiger partial charge in [-0.2, -0.15) is 0 Å². The highest BCUT2D eigenvalue weighted by Gasteiger charge is 2.49. The maximum atomic E-state index is 12.9. The zero-order chi connectivity index (χ0) is 26.5. The first-order chi connectivity index (χ1) is 17.7. The van der Waals surface area contributed by atoms with Gasteiger partial charge in [0.1, 0.15) is 12.7 Å². The molecule has 1 aliphatic rings. The number of halogens is 4. The Morgan fingerprint density at radius 3 is 1.43 bits per heavy atom. The van der Waals surface area contributed by atoms with E-state index in [9.17, 15) is 14.4 Å². The van der Waals surface area contributed by atoms with E-state index in [4.69, 9.17) is 65.4 Å². The fourth-order valence-electron chi connectivity index (χ4n) is 3.46. The average molecular weight is 584 g/mol. The van der Waals surface area contributed by atoms with Gasteiger partial charge in [-0.25, -0.2) is 14.4 Å². The van der Waals surface area contributed by atoms with E-state index in [0.717, 1.165) is 0 Å². The van der Waals surface area contributed by atoms with Gasteiger partial charge in [0, 0.05) is 15.1 Å². The number of ether oxygens (including phenoxy) is 4. The van der Waals surface area contributed by atoms with E-state index in [1.165, 1.54) is 60.7 Å². The summed E-state index contributed by atoms with van der Waals surface area (Å²) in [7, 11) is 0. The predicted octanol–water partition coefficient (Wildman–Crippen LogP) is 6.22. The zero-order valence-corrected chi connectivity index (χ0v) is 21.8. The number of rotatable bonds is 7. The van der Waals surface area contributed by atoms with Crippen molar-refractivity contribution in [3.8, 4) is 0 Å². The molecule has 1 unspecified atom stereocenters. The van der Waals surface area contributed by atoms with Gasteiger partial charge in [0.15, 0.2) is 17.8 Å². The number of carbonyl (C=O) groups excluding carboxylic acids is 3. The second-order valence-corrected chi connectivity index (χ2v) is 9.62. The largest absolute Gasteiger partial charge is 0.459 e. The summed E-state index contributed by atoms with van der Waals surface area (Å²) in [5.74, 6) is -2.13. The van der Waals surface area contributed by atoms with Crippen LogP contribution < -0.4 is 0 Å². The molecule has 37 heavy (non-hydrogen) atoms. The van der Waals surface area contributed by atoms with Crippen LogP contribution in [-0.4, -0.2) is 48.4 Å². The van der Waals surface area contributed by atoms with E-state index in [-0.39, 0.29) is 23.3 Å². The summed E-state index contributed by atoms with van der Waals surface area (Å²) in [6, 6.07) is 18.1. The number of hydrogen-bond donors (Lipinski definition) is 0. The molecule has 0 saturated carbocycles. The molecule has 0 radical (unpaired) electrons. The Hall–Kier alpha value is -2.81. The molecule has 4 atom stereocenters. The van der Waals surface area contributed by atoms with Gasteiger partial charge >= 0.3 is 17.9 Å². The molecule has 0 aromatic heterocycles. The summed E-state index contributed by atoms with van der Waals surface area (Å²) < 4.78 is 22.2. The average Bonchev–Trinajstić information content (AvgIpc) is 3.17. The molecule has 7 nitrogen and oxygen atoms in total. The molecule has 1 heterocycles. The van der Waals surface area contributed by atoms with Crippen molar-refractivity contribution in [1.82, 2.24) is 0 Å². The Bertz CT molecular complexity index is 1260. The van der Waals surface area contributed by atoms with Crippen molar-refractivity contribution >= 4 is 64.3 Å². The van der Waals surface area contributed by atoms with E-state index in [1.807, 2.05) is 0 Å². The normalized spacial score (nSPS) is 20.8. The topological polar surface area (TPSA) is 88.1 Å². The quantitative estimate of drug-likeness (QED) is 0.185. The van der Waals surface area contributed by atoms with Gasteiger partial charge in [-0.1, -0.05) is 46.4 Å². The Labute approximate surface area is 232 Å². The lowest BCUT2D eigenvalue weighted by Crippen LogP contribution is -2.41.